The monoisotopic (exact) mass is 326 g/mol. The zero-order valence-electron chi connectivity index (χ0n) is 14.7. The molecule has 7 heteroatoms. The van der Waals surface area contributed by atoms with Crippen LogP contribution in [0.25, 0.3) is 17.1 Å². The Kier molecular flexibility index (Phi) is 3.95. The number of rotatable bonds is 4. The third-order valence-corrected chi connectivity index (χ3v) is 3.67. The normalized spacial score (nSPS) is 12.2. The van der Waals surface area contributed by atoms with Gasteiger partial charge in [-0.15, -0.1) is 0 Å². The van der Waals surface area contributed by atoms with Gasteiger partial charge in [-0.25, -0.2) is 19.6 Å². The van der Waals surface area contributed by atoms with Gasteiger partial charge < -0.3 is 0 Å². The number of carbonyl (C=O) groups excluding carboxylic acids is 1. The van der Waals surface area contributed by atoms with Crippen LogP contribution >= 0.6 is 0 Å². The Hall–Kier alpha value is -2.57. The number of nitrogens with zero attached hydrogens (tertiary/aromatic N) is 6. The molecule has 0 radical (unpaired) electrons. The molecule has 126 valence electrons. The van der Waals surface area contributed by atoms with E-state index in [4.69, 9.17) is 0 Å². The summed E-state index contributed by atoms with van der Waals surface area (Å²) in [6.45, 7) is 10.6. The van der Waals surface area contributed by atoms with E-state index in [9.17, 15) is 4.79 Å². The highest BCUT2D eigenvalue weighted by Crippen LogP contribution is 2.26. The highest BCUT2D eigenvalue weighted by atomic mass is 16.1. The van der Waals surface area contributed by atoms with Gasteiger partial charge in [0, 0.05) is 24.4 Å². The minimum absolute atomic E-state index is 0.0453. The van der Waals surface area contributed by atoms with Crippen LogP contribution in [0.3, 0.4) is 0 Å². The van der Waals surface area contributed by atoms with Crippen LogP contribution in [-0.4, -0.2) is 35.1 Å². The SMILES string of the molecule is CC(C)Cn1c(-n2cccn2)nc2c(C(=O)C(C)(C)C)ncnc21. The summed E-state index contributed by atoms with van der Waals surface area (Å²) < 4.78 is 3.68. The number of hydrogen-bond acceptors (Lipinski definition) is 5. The number of aromatic nitrogens is 6. The molecule has 0 atom stereocenters. The van der Waals surface area contributed by atoms with Crippen LogP contribution in [0.4, 0.5) is 0 Å². The van der Waals surface area contributed by atoms with Crippen molar-refractivity contribution in [3.8, 4) is 5.95 Å². The van der Waals surface area contributed by atoms with Crippen LogP contribution in [0.1, 0.15) is 45.1 Å². The fraction of sp³-hybridized carbons (Fsp3) is 0.471. The summed E-state index contributed by atoms with van der Waals surface area (Å²) in [4.78, 5) is 26.0. The maximum absolute atomic E-state index is 12.7. The summed E-state index contributed by atoms with van der Waals surface area (Å²) in [6.07, 6.45) is 4.97. The molecule has 0 aromatic carbocycles. The lowest BCUT2D eigenvalue weighted by atomic mass is 9.88. The number of fused-ring (bicyclic) bond motifs is 1. The van der Waals surface area contributed by atoms with Gasteiger partial charge in [-0.3, -0.25) is 9.36 Å². The van der Waals surface area contributed by atoms with Gasteiger partial charge in [0.2, 0.25) is 5.95 Å². The smallest absolute Gasteiger partial charge is 0.233 e. The van der Waals surface area contributed by atoms with Crippen LogP contribution < -0.4 is 0 Å². The van der Waals surface area contributed by atoms with E-state index in [2.05, 4.69) is 33.9 Å². The summed E-state index contributed by atoms with van der Waals surface area (Å²) in [5.41, 5.74) is 1.03. The second-order valence-electron chi connectivity index (χ2n) is 7.34. The molecule has 0 unspecified atom stereocenters. The highest BCUT2D eigenvalue weighted by Gasteiger charge is 2.28. The van der Waals surface area contributed by atoms with Crippen LogP contribution in [0.15, 0.2) is 24.8 Å². The second-order valence-corrected chi connectivity index (χ2v) is 7.34. The predicted octanol–water partition coefficient (Wildman–Crippen LogP) is 2.90. The third kappa shape index (κ3) is 2.81. The van der Waals surface area contributed by atoms with E-state index in [1.54, 1.807) is 10.9 Å². The summed E-state index contributed by atoms with van der Waals surface area (Å²) >= 11 is 0. The van der Waals surface area contributed by atoms with Crippen molar-refractivity contribution in [1.82, 2.24) is 29.3 Å². The van der Waals surface area contributed by atoms with Crippen LogP contribution in [0.5, 0.6) is 0 Å². The predicted molar refractivity (Wildman–Crippen MR) is 91.1 cm³/mol. The molecule has 3 aromatic rings. The quantitative estimate of drug-likeness (QED) is 0.689. The average molecular weight is 326 g/mol. The van der Waals surface area contributed by atoms with Gasteiger partial charge in [0.05, 0.1) is 0 Å². The molecule has 7 nitrogen and oxygen atoms in total. The Morgan fingerprint density at radius 1 is 1.25 bits per heavy atom. The third-order valence-electron chi connectivity index (χ3n) is 3.67. The molecule has 0 spiro atoms. The van der Waals surface area contributed by atoms with Gasteiger partial charge in [0.15, 0.2) is 11.4 Å². The van der Waals surface area contributed by atoms with Crippen LogP contribution in [0, 0.1) is 11.3 Å². The molecule has 24 heavy (non-hydrogen) atoms. The zero-order chi connectivity index (χ0) is 17.5. The molecule has 0 saturated carbocycles. The molecule has 0 aliphatic carbocycles. The second kappa shape index (κ2) is 5.81. The average Bonchev–Trinajstić information content (AvgIpc) is 3.12. The van der Waals surface area contributed by atoms with Gasteiger partial charge in [-0.1, -0.05) is 34.6 Å². The van der Waals surface area contributed by atoms with Gasteiger partial charge in [-0.2, -0.15) is 5.10 Å². The first-order valence-corrected chi connectivity index (χ1v) is 8.05. The molecule has 0 amide bonds. The fourth-order valence-corrected chi connectivity index (χ4v) is 2.54. The van der Waals surface area contributed by atoms with E-state index in [1.165, 1.54) is 6.33 Å². The van der Waals surface area contributed by atoms with Crippen LogP contribution in [-0.2, 0) is 6.54 Å². The maximum atomic E-state index is 12.7. The van der Waals surface area contributed by atoms with E-state index >= 15 is 0 Å². The fourth-order valence-electron chi connectivity index (χ4n) is 2.54. The number of ketones is 1. The summed E-state index contributed by atoms with van der Waals surface area (Å²) in [5, 5.41) is 4.27. The van der Waals surface area contributed by atoms with Gasteiger partial charge >= 0.3 is 0 Å². The summed E-state index contributed by atoms with van der Waals surface area (Å²) in [6, 6.07) is 1.84. The highest BCUT2D eigenvalue weighted by molar-refractivity contribution is 6.06. The summed E-state index contributed by atoms with van der Waals surface area (Å²) in [7, 11) is 0. The number of hydrogen-bond donors (Lipinski definition) is 0. The van der Waals surface area contributed by atoms with E-state index in [-0.39, 0.29) is 5.78 Å². The molecule has 0 bridgehead atoms. The Balaban J connectivity index is 2.27. The van der Waals surface area contributed by atoms with Crippen molar-refractivity contribution in [2.75, 3.05) is 0 Å². The Morgan fingerprint density at radius 3 is 2.58 bits per heavy atom. The lowest BCUT2D eigenvalue weighted by molar-refractivity contribution is 0.0854. The van der Waals surface area contributed by atoms with Crippen molar-refractivity contribution in [3.05, 3.63) is 30.5 Å². The number of Topliss-reactive ketones (excluding diaryl/α,β-unsaturated/α-hetero) is 1. The van der Waals surface area contributed by atoms with Crippen molar-refractivity contribution in [2.45, 2.75) is 41.2 Å². The van der Waals surface area contributed by atoms with Crippen LogP contribution in [0.2, 0.25) is 0 Å². The van der Waals surface area contributed by atoms with Crippen molar-refractivity contribution in [3.63, 3.8) is 0 Å². The molecule has 0 saturated heterocycles. The first-order chi connectivity index (χ1) is 11.3. The lowest BCUT2D eigenvalue weighted by Gasteiger charge is -2.15. The van der Waals surface area contributed by atoms with E-state index in [0.29, 0.717) is 28.7 Å². The van der Waals surface area contributed by atoms with Crippen molar-refractivity contribution in [1.29, 1.82) is 0 Å². The maximum Gasteiger partial charge on any atom is 0.233 e. The molecule has 3 heterocycles. The zero-order valence-corrected chi connectivity index (χ0v) is 14.7. The number of carbonyl (C=O) groups is 1. The first-order valence-electron chi connectivity index (χ1n) is 8.05. The van der Waals surface area contributed by atoms with E-state index in [0.717, 1.165) is 6.54 Å². The molecule has 0 N–H and O–H groups in total. The Labute approximate surface area is 140 Å². The Bertz CT molecular complexity index is 871. The largest absolute Gasteiger partial charge is 0.293 e. The number of imidazole rings is 1. The molecule has 0 aliphatic heterocycles. The molecular weight excluding hydrogens is 304 g/mol. The molecule has 0 fully saturated rings. The van der Waals surface area contributed by atoms with Gasteiger partial charge in [-0.05, 0) is 12.0 Å². The van der Waals surface area contributed by atoms with Crippen molar-refractivity contribution in [2.24, 2.45) is 11.3 Å². The first kappa shape index (κ1) is 16.3. The van der Waals surface area contributed by atoms with Gasteiger partial charge in [0.25, 0.3) is 0 Å². The van der Waals surface area contributed by atoms with E-state index < -0.39 is 5.41 Å². The van der Waals surface area contributed by atoms with Gasteiger partial charge in [0.1, 0.15) is 17.5 Å². The minimum Gasteiger partial charge on any atom is -0.293 e. The molecule has 0 aliphatic rings. The topological polar surface area (TPSA) is 78.5 Å². The molecular formula is C17H22N6O. The minimum atomic E-state index is -0.533. The summed E-state index contributed by atoms with van der Waals surface area (Å²) in [5.74, 6) is 0.997. The van der Waals surface area contributed by atoms with Crippen molar-refractivity contribution < 1.29 is 4.79 Å². The Morgan fingerprint density at radius 2 is 2.00 bits per heavy atom. The molecule has 3 aromatic heterocycles. The lowest BCUT2D eigenvalue weighted by Crippen LogP contribution is -2.22. The molecule has 3 rings (SSSR count). The standard InChI is InChI=1S/C17H22N6O/c1-11(2)9-22-15-13(21-16(22)23-8-6-7-20-23)12(18-10-19-15)14(24)17(3,4)5/h6-8,10-11H,9H2,1-5H3. The van der Waals surface area contributed by atoms with E-state index in [1.807, 2.05) is 37.6 Å². The van der Waals surface area contributed by atoms with Crippen molar-refractivity contribution >= 4 is 16.9 Å².